The van der Waals surface area contributed by atoms with Crippen LogP contribution in [0.3, 0.4) is 0 Å². The van der Waals surface area contributed by atoms with Crippen LogP contribution in [-0.4, -0.2) is 71.6 Å². The first kappa shape index (κ1) is 21.5. The second-order valence-corrected chi connectivity index (χ2v) is 9.74. The van der Waals surface area contributed by atoms with Gasteiger partial charge in [-0.2, -0.15) is 0 Å². The van der Waals surface area contributed by atoms with Crippen molar-refractivity contribution in [2.24, 2.45) is 17.8 Å². The molecule has 1 aromatic heterocycles. The molecule has 4 rings (SSSR count). The number of aromatic amines is 1. The third-order valence-electron chi connectivity index (χ3n) is 7.28. The van der Waals surface area contributed by atoms with E-state index in [4.69, 9.17) is 4.74 Å². The lowest BCUT2D eigenvalue weighted by molar-refractivity contribution is -0.129. The number of likely N-dealkylation sites (N-methyl/N-ethyl adjacent to an activating group) is 1. The fraction of sp³-hybridized carbons (Fsp3) is 0.783. The van der Waals surface area contributed by atoms with Crippen LogP contribution in [0.25, 0.3) is 0 Å². The van der Waals surface area contributed by atoms with Crippen molar-refractivity contribution in [2.75, 3.05) is 33.8 Å². The quantitative estimate of drug-likeness (QED) is 0.733. The molecule has 1 amide bonds. The summed E-state index contributed by atoms with van der Waals surface area (Å²) >= 11 is 0. The lowest BCUT2D eigenvalue weighted by atomic mass is 9.77. The van der Waals surface area contributed by atoms with Crippen molar-refractivity contribution in [2.45, 2.75) is 64.5 Å². The molecule has 30 heavy (non-hydrogen) atoms. The van der Waals surface area contributed by atoms with Gasteiger partial charge in [-0.3, -0.25) is 9.59 Å². The first-order chi connectivity index (χ1) is 14.4. The molecule has 3 fully saturated rings. The number of rotatable bonds is 7. The van der Waals surface area contributed by atoms with Gasteiger partial charge in [0.25, 0.3) is 5.56 Å². The third-order valence-corrected chi connectivity index (χ3v) is 7.28. The molecule has 2 aliphatic carbocycles. The summed E-state index contributed by atoms with van der Waals surface area (Å²) in [7, 11) is 4.27. The number of likely N-dealkylation sites (tertiary alicyclic amines) is 1. The summed E-state index contributed by atoms with van der Waals surface area (Å²) in [6.45, 7) is 6.24. The predicted octanol–water partition coefficient (Wildman–Crippen LogP) is 1.78. The van der Waals surface area contributed by atoms with Crippen molar-refractivity contribution in [1.29, 1.82) is 0 Å². The summed E-state index contributed by atoms with van der Waals surface area (Å²) in [5.41, 5.74) is 0.996. The van der Waals surface area contributed by atoms with Crippen molar-refractivity contribution in [3.05, 3.63) is 27.4 Å². The molecule has 3 aliphatic rings. The van der Waals surface area contributed by atoms with Crippen LogP contribution < -0.4 is 5.56 Å². The molecule has 166 valence electrons. The Hall–Kier alpha value is -1.73. The summed E-state index contributed by atoms with van der Waals surface area (Å²) < 4.78 is 6.33. The van der Waals surface area contributed by atoms with Gasteiger partial charge in [0, 0.05) is 43.4 Å². The molecular weight excluding hydrogens is 380 g/mol. The summed E-state index contributed by atoms with van der Waals surface area (Å²) in [6, 6.07) is 0.413. The van der Waals surface area contributed by atoms with E-state index in [1.54, 1.807) is 0 Å². The smallest absolute Gasteiger partial charge is 0.254 e. The summed E-state index contributed by atoms with van der Waals surface area (Å²) in [5.74, 6) is 2.49. The molecule has 0 bridgehead atoms. The molecule has 1 aliphatic heterocycles. The second kappa shape index (κ2) is 8.79. The zero-order chi connectivity index (χ0) is 21.4. The van der Waals surface area contributed by atoms with E-state index >= 15 is 0 Å². The number of nitrogens with one attached hydrogen (secondary N) is 1. The van der Waals surface area contributed by atoms with Gasteiger partial charge in [0.1, 0.15) is 5.82 Å². The highest BCUT2D eigenvalue weighted by molar-refractivity contribution is 5.79. The fourth-order valence-corrected chi connectivity index (χ4v) is 5.17. The molecule has 2 heterocycles. The van der Waals surface area contributed by atoms with Crippen molar-refractivity contribution < 1.29 is 9.53 Å². The summed E-state index contributed by atoms with van der Waals surface area (Å²) in [6.07, 6.45) is 5.78. The number of aryl methyl sites for hydroxylation is 2. The molecule has 7 nitrogen and oxygen atoms in total. The molecule has 0 radical (unpaired) electrons. The van der Waals surface area contributed by atoms with Crippen LogP contribution in [0.5, 0.6) is 0 Å². The third kappa shape index (κ3) is 4.62. The van der Waals surface area contributed by atoms with Crippen LogP contribution in [0.2, 0.25) is 0 Å². The number of H-pyrrole nitrogens is 1. The lowest BCUT2D eigenvalue weighted by Crippen LogP contribution is -2.48. The van der Waals surface area contributed by atoms with Crippen molar-refractivity contribution in [1.82, 2.24) is 19.8 Å². The van der Waals surface area contributed by atoms with Crippen LogP contribution in [0.1, 0.15) is 49.7 Å². The number of aromatic nitrogens is 2. The number of fused-ring (bicyclic) bond motifs is 1. The van der Waals surface area contributed by atoms with E-state index in [0.29, 0.717) is 41.4 Å². The number of amides is 1. The van der Waals surface area contributed by atoms with Crippen LogP contribution in [0.15, 0.2) is 4.79 Å². The number of hydrogen-bond donors (Lipinski definition) is 1. The molecule has 1 N–H and O–H groups in total. The number of carbonyl (C=O) groups is 1. The SMILES string of the molecule is CCc1nc(C)c(CC(=O)N2C[C@H]3C[C@@H](N(C)C)[C@H](OCC4CC4)C[C@H]3C2)c(=O)[nH]1. The highest BCUT2D eigenvalue weighted by Crippen LogP contribution is 2.40. The van der Waals surface area contributed by atoms with E-state index in [0.717, 1.165) is 38.5 Å². The molecule has 7 heteroatoms. The Bertz CT molecular complexity index is 832. The molecule has 0 unspecified atom stereocenters. The molecule has 1 aromatic rings. The average molecular weight is 417 g/mol. The van der Waals surface area contributed by atoms with Gasteiger partial charge in [0.2, 0.25) is 5.91 Å². The van der Waals surface area contributed by atoms with Crippen molar-refractivity contribution in [3.63, 3.8) is 0 Å². The standard InChI is InChI=1S/C23H36N4O3/c1-5-21-24-14(2)18(23(29)25-21)10-22(28)27-11-16-8-19(26(3)4)20(9-17(16)12-27)30-13-15-6-7-15/h15-17,19-20H,5-13H2,1-4H3,(H,24,25,29)/t16-,17+,19-,20-/m1/s1. The molecule has 2 saturated carbocycles. The Kier molecular flexibility index (Phi) is 6.30. The zero-order valence-corrected chi connectivity index (χ0v) is 18.8. The predicted molar refractivity (Wildman–Crippen MR) is 115 cm³/mol. The highest BCUT2D eigenvalue weighted by atomic mass is 16.5. The Morgan fingerprint density at radius 3 is 2.53 bits per heavy atom. The lowest BCUT2D eigenvalue weighted by Gasteiger charge is -2.41. The number of ether oxygens (including phenoxy) is 1. The van der Waals surface area contributed by atoms with Crippen LogP contribution >= 0.6 is 0 Å². The van der Waals surface area contributed by atoms with E-state index in [-0.39, 0.29) is 24.0 Å². The largest absolute Gasteiger partial charge is 0.376 e. The van der Waals surface area contributed by atoms with Crippen molar-refractivity contribution >= 4 is 5.91 Å². The minimum atomic E-state index is -0.175. The van der Waals surface area contributed by atoms with E-state index < -0.39 is 0 Å². The number of hydrogen-bond acceptors (Lipinski definition) is 5. The molecule has 4 atom stereocenters. The molecule has 0 spiro atoms. The normalized spacial score (nSPS) is 28.8. The van der Waals surface area contributed by atoms with Gasteiger partial charge >= 0.3 is 0 Å². The van der Waals surface area contributed by atoms with Gasteiger partial charge in [-0.05, 0) is 64.5 Å². The minimum Gasteiger partial charge on any atom is -0.376 e. The Morgan fingerprint density at radius 1 is 1.23 bits per heavy atom. The van der Waals surface area contributed by atoms with Gasteiger partial charge in [0.05, 0.1) is 12.5 Å². The molecule has 0 aromatic carbocycles. The maximum absolute atomic E-state index is 13.0. The van der Waals surface area contributed by atoms with Gasteiger partial charge in [-0.15, -0.1) is 0 Å². The first-order valence-corrected chi connectivity index (χ1v) is 11.5. The average Bonchev–Trinajstić information content (AvgIpc) is 3.44. The molecular formula is C23H36N4O3. The van der Waals surface area contributed by atoms with Crippen LogP contribution in [0, 0.1) is 24.7 Å². The zero-order valence-electron chi connectivity index (χ0n) is 18.8. The maximum atomic E-state index is 13.0. The second-order valence-electron chi connectivity index (χ2n) is 9.74. The topological polar surface area (TPSA) is 78.5 Å². The molecule has 1 saturated heterocycles. The summed E-state index contributed by atoms with van der Waals surface area (Å²) in [4.78, 5) is 37.0. The minimum absolute atomic E-state index is 0.0425. The van der Waals surface area contributed by atoms with Gasteiger partial charge < -0.3 is 19.5 Å². The monoisotopic (exact) mass is 416 g/mol. The van der Waals surface area contributed by atoms with Gasteiger partial charge in [-0.25, -0.2) is 4.98 Å². The van der Waals surface area contributed by atoms with Gasteiger partial charge in [0.15, 0.2) is 0 Å². The highest BCUT2D eigenvalue weighted by Gasteiger charge is 2.44. The van der Waals surface area contributed by atoms with Crippen molar-refractivity contribution in [3.8, 4) is 0 Å². The van der Waals surface area contributed by atoms with E-state index in [2.05, 4.69) is 29.0 Å². The number of nitrogens with zero attached hydrogens (tertiary/aromatic N) is 3. The van der Waals surface area contributed by atoms with E-state index in [9.17, 15) is 9.59 Å². The maximum Gasteiger partial charge on any atom is 0.254 e. The number of carbonyl (C=O) groups excluding carboxylic acids is 1. The Labute approximate surface area is 179 Å². The Balaban J connectivity index is 1.40. The van der Waals surface area contributed by atoms with Crippen LogP contribution in [0.4, 0.5) is 0 Å². The van der Waals surface area contributed by atoms with Crippen LogP contribution in [-0.2, 0) is 22.4 Å². The van der Waals surface area contributed by atoms with E-state index in [1.807, 2.05) is 18.7 Å². The first-order valence-electron chi connectivity index (χ1n) is 11.5. The summed E-state index contributed by atoms with van der Waals surface area (Å²) in [5, 5.41) is 0. The Morgan fingerprint density at radius 2 is 1.93 bits per heavy atom. The fourth-order valence-electron chi connectivity index (χ4n) is 5.17. The van der Waals surface area contributed by atoms with E-state index in [1.165, 1.54) is 12.8 Å². The van der Waals surface area contributed by atoms with Gasteiger partial charge in [-0.1, -0.05) is 6.92 Å².